The quantitative estimate of drug-likeness (QED) is 0.587. The minimum atomic E-state index is -0.0961. The standard InChI is InChI=1S/C24H26N2O/c1-18-13-15-21(16-14-18)17-26(20(3)22-10-5-4-6-11-22)24(27)25-23-12-8-7-9-19(23)2/h4-16,20H,17H2,1-3H3,(H,25,27). The number of anilines is 1. The van der Waals surface area contributed by atoms with Gasteiger partial charge in [0.15, 0.2) is 0 Å². The van der Waals surface area contributed by atoms with Gasteiger partial charge in [0.2, 0.25) is 0 Å². The van der Waals surface area contributed by atoms with Gasteiger partial charge in [0.05, 0.1) is 6.04 Å². The maximum absolute atomic E-state index is 13.2. The zero-order valence-electron chi connectivity index (χ0n) is 16.1. The fraction of sp³-hybridized carbons (Fsp3) is 0.208. The Morgan fingerprint density at radius 1 is 0.889 bits per heavy atom. The Bertz CT molecular complexity index is 888. The average molecular weight is 358 g/mol. The number of hydrogen-bond donors (Lipinski definition) is 1. The van der Waals surface area contributed by atoms with Gasteiger partial charge in [0.25, 0.3) is 0 Å². The predicted octanol–water partition coefficient (Wildman–Crippen LogP) is 6.10. The van der Waals surface area contributed by atoms with Gasteiger partial charge in [-0.3, -0.25) is 0 Å². The van der Waals surface area contributed by atoms with Crippen LogP contribution in [-0.4, -0.2) is 10.9 Å². The number of carbonyl (C=O) groups excluding carboxylic acids is 1. The highest BCUT2D eigenvalue weighted by atomic mass is 16.2. The van der Waals surface area contributed by atoms with Gasteiger partial charge < -0.3 is 10.2 Å². The van der Waals surface area contributed by atoms with E-state index in [1.54, 1.807) is 0 Å². The molecule has 0 aliphatic heterocycles. The molecule has 3 nitrogen and oxygen atoms in total. The van der Waals surface area contributed by atoms with Crippen LogP contribution < -0.4 is 5.32 Å². The lowest BCUT2D eigenvalue weighted by atomic mass is 10.1. The fourth-order valence-corrected chi connectivity index (χ4v) is 3.09. The Kier molecular flexibility index (Phi) is 5.92. The molecule has 0 radical (unpaired) electrons. The number of aryl methyl sites for hydroxylation is 2. The summed E-state index contributed by atoms with van der Waals surface area (Å²) < 4.78 is 0. The van der Waals surface area contributed by atoms with E-state index in [0.717, 1.165) is 22.4 Å². The summed E-state index contributed by atoms with van der Waals surface area (Å²) in [4.78, 5) is 15.0. The van der Waals surface area contributed by atoms with Gasteiger partial charge in [0, 0.05) is 12.2 Å². The number of para-hydroxylation sites is 1. The molecule has 2 amide bonds. The van der Waals surface area contributed by atoms with E-state index in [-0.39, 0.29) is 12.1 Å². The number of carbonyl (C=O) groups is 1. The van der Waals surface area contributed by atoms with E-state index in [1.807, 2.05) is 54.3 Å². The van der Waals surface area contributed by atoms with Crippen molar-refractivity contribution in [3.63, 3.8) is 0 Å². The first-order valence-electron chi connectivity index (χ1n) is 9.28. The van der Waals surface area contributed by atoms with Crippen LogP contribution in [0.4, 0.5) is 10.5 Å². The highest BCUT2D eigenvalue weighted by Gasteiger charge is 2.22. The van der Waals surface area contributed by atoms with Crippen LogP contribution in [0.15, 0.2) is 78.9 Å². The number of nitrogens with one attached hydrogen (secondary N) is 1. The minimum absolute atomic E-state index is 0.0449. The van der Waals surface area contributed by atoms with Crippen LogP contribution in [0.1, 0.15) is 35.2 Å². The van der Waals surface area contributed by atoms with Crippen LogP contribution >= 0.6 is 0 Å². The molecule has 0 fully saturated rings. The molecule has 27 heavy (non-hydrogen) atoms. The Balaban J connectivity index is 1.87. The first kappa shape index (κ1) is 18.7. The maximum atomic E-state index is 13.2. The lowest BCUT2D eigenvalue weighted by Gasteiger charge is -2.30. The third kappa shape index (κ3) is 4.76. The monoisotopic (exact) mass is 358 g/mol. The summed E-state index contributed by atoms with van der Waals surface area (Å²) in [5, 5.41) is 3.08. The van der Waals surface area contributed by atoms with Crippen molar-refractivity contribution in [1.82, 2.24) is 4.90 Å². The fourth-order valence-electron chi connectivity index (χ4n) is 3.09. The summed E-state index contributed by atoms with van der Waals surface area (Å²) in [5.74, 6) is 0. The van der Waals surface area contributed by atoms with Crippen molar-refractivity contribution in [2.75, 3.05) is 5.32 Å². The van der Waals surface area contributed by atoms with Crippen molar-refractivity contribution in [1.29, 1.82) is 0 Å². The topological polar surface area (TPSA) is 32.3 Å². The summed E-state index contributed by atoms with van der Waals surface area (Å²) in [6.45, 7) is 6.69. The highest BCUT2D eigenvalue weighted by Crippen LogP contribution is 2.24. The molecule has 0 spiro atoms. The van der Waals surface area contributed by atoms with Crippen molar-refractivity contribution in [3.8, 4) is 0 Å². The van der Waals surface area contributed by atoms with Crippen LogP contribution in [0.2, 0.25) is 0 Å². The summed E-state index contributed by atoms with van der Waals surface area (Å²) in [6, 6.07) is 26.2. The largest absolute Gasteiger partial charge is 0.322 e. The number of benzene rings is 3. The first-order chi connectivity index (χ1) is 13.0. The van der Waals surface area contributed by atoms with E-state index in [0.29, 0.717) is 6.54 Å². The molecule has 0 saturated heterocycles. The molecule has 0 bridgehead atoms. The second-order valence-electron chi connectivity index (χ2n) is 6.95. The molecule has 3 rings (SSSR count). The number of amides is 2. The van der Waals surface area contributed by atoms with Gasteiger partial charge in [0.1, 0.15) is 0 Å². The molecule has 0 saturated carbocycles. The molecule has 0 aromatic heterocycles. The van der Waals surface area contributed by atoms with Crippen molar-refractivity contribution in [3.05, 3.63) is 101 Å². The minimum Gasteiger partial charge on any atom is -0.313 e. The molecule has 1 N–H and O–H groups in total. The van der Waals surface area contributed by atoms with Crippen molar-refractivity contribution in [2.24, 2.45) is 0 Å². The Morgan fingerprint density at radius 2 is 1.52 bits per heavy atom. The van der Waals surface area contributed by atoms with Crippen LogP contribution in [-0.2, 0) is 6.54 Å². The summed E-state index contributed by atoms with van der Waals surface area (Å²) in [5.41, 5.74) is 5.34. The van der Waals surface area contributed by atoms with Crippen LogP contribution in [0, 0.1) is 13.8 Å². The normalized spacial score (nSPS) is 11.7. The molecule has 1 unspecified atom stereocenters. The lowest BCUT2D eigenvalue weighted by Crippen LogP contribution is -2.36. The molecular weight excluding hydrogens is 332 g/mol. The maximum Gasteiger partial charge on any atom is 0.322 e. The molecular formula is C24H26N2O. The SMILES string of the molecule is Cc1ccc(CN(C(=O)Nc2ccccc2C)C(C)c2ccccc2)cc1. The van der Waals surface area contributed by atoms with E-state index >= 15 is 0 Å². The van der Waals surface area contributed by atoms with Gasteiger partial charge >= 0.3 is 6.03 Å². The molecule has 3 heteroatoms. The molecule has 0 aliphatic carbocycles. The Labute approximate surface area is 161 Å². The summed E-state index contributed by atoms with van der Waals surface area (Å²) in [7, 11) is 0. The Morgan fingerprint density at radius 3 is 2.19 bits per heavy atom. The third-order valence-electron chi connectivity index (χ3n) is 4.87. The zero-order chi connectivity index (χ0) is 19.2. The highest BCUT2D eigenvalue weighted by molar-refractivity contribution is 5.90. The lowest BCUT2D eigenvalue weighted by molar-refractivity contribution is 0.189. The number of nitrogens with zero attached hydrogens (tertiary/aromatic N) is 1. The number of urea groups is 1. The van der Waals surface area contributed by atoms with Gasteiger partial charge in [-0.2, -0.15) is 0 Å². The van der Waals surface area contributed by atoms with E-state index < -0.39 is 0 Å². The zero-order valence-corrected chi connectivity index (χ0v) is 16.1. The van der Waals surface area contributed by atoms with Crippen LogP contribution in [0.25, 0.3) is 0 Å². The van der Waals surface area contributed by atoms with Crippen LogP contribution in [0.5, 0.6) is 0 Å². The van der Waals surface area contributed by atoms with E-state index in [9.17, 15) is 4.79 Å². The summed E-state index contributed by atoms with van der Waals surface area (Å²) >= 11 is 0. The second kappa shape index (κ2) is 8.54. The molecule has 1 atom stereocenters. The number of hydrogen-bond acceptors (Lipinski definition) is 1. The van der Waals surface area contributed by atoms with Gasteiger partial charge in [-0.15, -0.1) is 0 Å². The second-order valence-corrected chi connectivity index (χ2v) is 6.95. The van der Waals surface area contributed by atoms with Crippen molar-refractivity contribution < 1.29 is 4.79 Å². The van der Waals surface area contributed by atoms with Gasteiger partial charge in [-0.05, 0) is 43.5 Å². The average Bonchev–Trinajstić information content (AvgIpc) is 2.69. The van der Waals surface area contributed by atoms with Crippen molar-refractivity contribution >= 4 is 11.7 Å². The van der Waals surface area contributed by atoms with Crippen molar-refractivity contribution in [2.45, 2.75) is 33.4 Å². The third-order valence-corrected chi connectivity index (χ3v) is 4.87. The van der Waals surface area contributed by atoms with E-state index in [1.165, 1.54) is 5.56 Å². The molecule has 3 aromatic carbocycles. The van der Waals surface area contributed by atoms with Gasteiger partial charge in [-0.1, -0.05) is 78.4 Å². The van der Waals surface area contributed by atoms with Gasteiger partial charge in [-0.25, -0.2) is 4.79 Å². The first-order valence-corrected chi connectivity index (χ1v) is 9.28. The Hall–Kier alpha value is -3.07. The van der Waals surface area contributed by atoms with E-state index in [4.69, 9.17) is 0 Å². The van der Waals surface area contributed by atoms with Crippen LogP contribution in [0.3, 0.4) is 0 Å². The summed E-state index contributed by atoms with van der Waals surface area (Å²) in [6.07, 6.45) is 0. The number of rotatable bonds is 5. The predicted molar refractivity (Wildman–Crippen MR) is 112 cm³/mol. The van der Waals surface area contributed by atoms with E-state index in [2.05, 4.69) is 55.6 Å². The molecule has 0 aliphatic rings. The molecule has 3 aromatic rings. The molecule has 0 heterocycles. The smallest absolute Gasteiger partial charge is 0.313 e. The molecule has 138 valence electrons.